The van der Waals surface area contributed by atoms with E-state index in [0.29, 0.717) is 5.13 Å². The van der Waals surface area contributed by atoms with E-state index < -0.39 is 0 Å². The average molecular weight is 270 g/mol. The molecule has 0 spiro atoms. The number of nitrogens with two attached hydrogens (primary N) is 1. The van der Waals surface area contributed by atoms with Crippen LogP contribution in [0.15, 0.2) is 53.9 Å². The lowest BCUT2D eigenvalue weighted by molar-refractivity contribution is 0.628. The van der Waals surface area contributed by atoms with Gasteiger partial charge in [-0.25, -0.2) is 9.37 Å². The molecule has 0 radical (unpaired) electrons. The van der Waals surface area contributed by atoms with Crippen molar-refractivity contribution < 1.29 is 4.39 Å². The van der Waals surface area contributed by atoms with Crippen LogP contribution >= 0.6 is 11.3 Å². The molecule has 2 aromatic carbocycles. The highest BCUT2D eigenvalue weighted by Gasteiger charge is 2.04. The number of benzene rings is 2. The smallest absolute Gasteiger partial charge is 0.180 e. The highest BCUT2D eigenvalue weighted by Crippen LogP contribution is 2.26. The maximum Gasteiger partial charge on any atom is 0.180 e. The van der Waals surface area contributed by atoms with E-state index in [9.17, 15) is 4.39 Å². The van der Waals surface area contributed by atoms with E-state index in [1.807, 2.05) is 35.7 Å². The minimum absolute atomic E-state index is 0.228. The van der Waals surface area contributed by atoms with Crippen molar-refractivity contribution in [1.29, 1.82) is 0 Å². The number of nitrogens with zero attached hydrogens (tertiary/aromatic N) is 1. The van der Waals surface area contributed by atoms with Crippen molar-refractivity contribution in [3.8, 4) is 22.4 Å². The van der Waals surface area contributed by atoms with E-state index in [4.69, 9.17) is 5.73 Å². The first kappa shape index (κ1) is 11.9. The first-order chi connectivity index (χ1) is 9.22. The summed E-state index contributed by atoms with van der Waals surface area (Å²) in [6, 6.07) is 14.4. The lowest BCUT2D eigenvalue weighted by Crippen LogP contribution is -1.84. The van der Waals surface area contributed by atoms with Crippen molar-refractivity contribution in [3.63, 3.8) is 0 Å². The Kier molecular flexibility index (Phi) is 3.01. The van der Waals surface area contributed by atoms with Crippen LogP contribution < -0.4 is 5.73 Å². The van der Waals surface area contributed by atoms with Gasteiger partial charge < -0.3 is 5.73 Å². The zero-order chi connectivity index (χ0) is 13.2. The highest BCUT2D eigenvalue weighted by atomic mass is 32.1. The number of nitrogen functional groups attached to an aromatic ring is 1. The van der Waals surface area contributed by atoms with Crippen LogP contribution in [0.4, 0.5) is 9.52 Å². The summed E-state index contributed by atoms with van der Waals surface area (Å²) in [4.78, 5) is 4.23. The third-order valence-electron chi connectivity index (χ3n) is 2.86. The number of hydrogen-bond acceptors (Lipinski definition) is 3. The molecular formula is C15H11FN2S. The molecule has 0 saturated heterocycles. The van der Waals surface area contributed by atoms with Crippen LogP contribution in [0.5, 0.6) is 0 Å². The molecule has 0 amide bonds. The summed E-state index contributed by atoms with van der Waals surface area (Å²) in [7, 11) is 0. The Hall–Kier alpha value is -2.20. The van der Waals surface area contributed by atoms with Crippen LogP contribution in [0.1, 0.15) is 0 Å². The number of anilines is 1. The van der Waals surface area contributed by atoms with Crippen molar-refractivity contribution in [1.82, 2.24) is 4.98 Å². The van der Waals surface area contributed by atoms with Crippen molar-refractivity contribution in [2.45, 2.75) is 0 Å². The van der Waals surface area contributed by atoms with E-state index in [-0.39, 0.29) is 5.82 Å². The molecule has 0 aliphatic heterocycles. The van der Waals surface area contributed by atoms with E-state index in [2.05, 4.69) is 4.98 Å². The van der Waals surface area contributed by atoms with Crippen LogP contribution in [0, 0.1) is 5.82 Å². The third-order valence-corrected chi connectivity index (χ3v) is 3.53. The van der Waals surface area contributed by atoms with Crippen molar-refractivity contribution in [3.05, 3.63) is 59.7 Å². The second-order valence-corrected chi connectivity index (χ2v) is 5.05. The molecule has 0 aliphatic rings. The Morgan fingerprint density at radius 1 is 0.947 bits per heavy atom. The predicted octanol–water partition coefficient (Wildman–Crippen LogP) is 4.20. The number of thiazole rings is 1. The highest BCUT2D eigenvalue weighted by molar-refractivity contribution is 7.13. The lowest BCUT2D eigenvalue weighted by Gasteiger charge is -2.03. The van der Waals surface area contributed by atoms with E-state index in [1.54, 1.807) is 6.07 Å². The van der Waals surface area contributed by atoms with Crippen molar-refractivity contribution >= 4 is 16.5 Å². The molecule has 3 aromatic rings. The maximum absolute atomic E-state index is 13.2. The van der Waals surface area contributed by atoms with Crippen LogP contribution in [0.3, 0.4) is 0 Å². The van der Waals surface area contributed by atoms with Gasteiger partial charge in [0, 0.05) is 10.9 Å². The van der Waals surface area contributed by atoms with Crippen molar-refractivity contribution in [2.24, 2.45) is 0 Å². The molecule has 2 N–H and O–H groups in total. The molecule has 19 heavy (non-hydrogen) atoms. The molecule has 2 nitrogen and oxygen atoms in total. The van der Waals surface area contributed by atoms with Gasteiger partial charge in [0.05, 0.1) is 5.69 Å². The van der Waals surface area contributed by atoms with Gasteiger partial charge in [-0.15, -0.1) is 11.3 Å². The first-order valence-corrected chi connectivity index (χ1v) is 6.68. The number of halogens is 1. The van der Waals surface area contributed by atoms with Gasteiger partial charge in [0.2, 0.25) is 0 Å². The second-order valence-electron chi connectivity index (χ2n) is 4.16. The zero-order valence-corrected chi connectivity index (χ0v) is 10.8. The summed E-state index contributed by atoms with van der Waals surface area (Å²) in [5, 5.41) is 2.48. The summed E-state index contributed by atoms with van der Waals surface area (Å²) in [5.41, 5.74) is 9.34. The van der Waals surface area contributed by atoms with Crippen LogP contribution in [-0.4, -0.2) is 4.98 Å². The van der Waals surface area contributed by atoms with E-state index in [1.165, 1.54) is 23.5 Å². The Balaban J connectivity index is 1.95. The molecular weight excluding hydrogens is 259 g/mol. The SMILES string of the molecule is Nc1nc(-c2ccc(-c3cccc(F)c3)cc2)cs1. The van der Waals surface area contributed by atoms with Gasteiger partial charge in [0.15, 0.2) is 5.13 Å². The molecule has 1 aromatic heterocycles. The topological polar surface area (TPSA) is 38.9 Å². The van der Waals surface area contributed by atoms with Crippen LogP contribution in [-0.2, 0) is 0 Å². The lowest BCUT2D eigenvalue weighted by atomic mass is 10.0. The van der Waals surface area contributed by atoms with Gasteiger partial charge in [-0.2, -0.15) is 0 Å². The Morgan fingerprint density at radius 2 is 1.68 bits per heavy atom. The molecule has 1 heterocycles. The van der Waals surface area contributed by atoms with Crippen LogP contribution in [0.2, 0.25) is 0 Å². The summed E-state index contributed by atoms with van der Waals surface area (Å²) in [6.45, 7) is 0. The van der Waals surface area contributed by atoms with Gasteiger partial charge in [0.25, 0.3) is 0 Å². The first-order valence-electron chi connectivity index (χ1n) is 5.80. The van der Waals surface area contributed by atoms with Gasteiger partial charge in [0.1, 0.15) is 5.82 Å². The minimum atomic E-state index is -0.228. The fraction of sp³-hybridized carbons (Fsp3) is 0. The largest absolute Gasteiger partial charge is 0.375 e. The fourth-order valence-corrected chi connectivity index (χ4v) is 2.49. The monoisotopic (exact) mass is 270 g/mol. The zero-order valence-electron chi connectivity index (χ0n) is 10.0. The summed E-state index contributed by atoms with van der Waals surface area (Å²) >= 11 is 1.42. The quantitative estimate of drug-likeness (QED) is 0.758. The van der Waals surface area contributed by atoms with Gasteiger partial charge >= 0.3 is 0 Å². The van der Waals surface area contributed by atoms with Gasteiger partial charge in [-0.3, -0.25) is 0 Å². The molecule has 0 atom stereocenters. The minimum Gasteiger partial charge on any atom is -0.375 e. The molecule has 0 unspecified atom stereocenters. The Labute approximate surface area is 114 Å². The molecule has 3 rings (SSSR count). The standard InChI is InChI=1S/C15H11FN2S/c16-13-3-1-2-12(8-13)10-4-6-11(7-5-10)14-9-19-15(17)18-14/h1-9H,(H2,17,18). The maximum atomic E-state index is 13.2. The summed E-state index contributed by atoms with van der Waals surface area (Å²) < 4.78 is 13.2. The van der Waals surface area contributed by atoms with Crippen LogP contribution in [0.25, 0.3) is 22.4 Å². The third kappa shape index (κ3) is 2.48. The molecule has 0 saturated carbocycles. The second kappa shape index (κ2) is 4.82. The van der Waals surface area contributed by atoms with Crippen molar-refractivity contribution in [2.75, 3.05) is 5.73 Å². The molecule has 0 aliphatic carbocycles. The van der Waals surface area contributed by atoms with E-state index >= 15 is 0 Å². The van der Waals surface area contributed by atoms with Gasteiger partial charge in [-0.05, 0) is 23.3 Å². The summed E-state index contributed by atoms with van der Waals surface area (Å²) in [5.74, 6) is -0.228. The number of aromatic nitrogens is 1. The fourth-order valence-electron chi connectivity index (χ4n) is 1.92. The van der Waals surface area contributed by atoms with E-state index in [0.717, 1.165) is 22.4 Å². The Bertz CT molecular complexity index is 704. The summed E-state index contributed by atoms with van der Waals surface area (Å²) in [6.07, 6.45) is 0. The average Bonchev–Trinajstić information content (AvgIpc) is 2.86. The predicted molar refractivity (Wildman–Crippen MR) is 77.4 cm³/mol. The Morgan fingerprint density at radius 3 is 2.32 bits per heavy atom. The number of rotatable bonds is 2. The number of hydrogen-bond donors (Lipinski definition) is 1. The molecule has 4 heteroatoms. The van der Waals surface area contributed by atoms with Gasteiger partial charge in [-0.1, -0.05) is 36.4 Å². The molecule has 0 fully saturated rings. The molecule has 0 bridgehead atoms. The normalized spacial score (nSPS) is 10.6. The molecule has 94 valence electrons.